The lowest BCUT2D eigenvalue weighted by atomic mass is 10.1. The average molecular weight is 258 g/mol. The lowest BCUT2D eigenvalue weighted by molar-refractivity contribution is 0.284. The van der Waals surface area contributed by atoms with E-state index in [9.17, 15) is 0 Å². The molecule has 1 heterocycles. The van der Waals surface area contributed by atoms with E-state index in [-0.39, 0.29) is 6.04 Å². The molecule has 0 fully saturated rings. The number of hydrogen-bond donors (Lipinski definition) is 1. The standard InChI is InChI=1S/C15H18N2O2/c1-11(16)13-5-6-14(15(8-13)18-2)19-10-12-4-3-7-17-9-12/h3-9,11H,10,16H2,1-2H3/t11-/m0/s1. The van der Waals surface area contributed by atoms with Gasteiger partial charge in [-0.2, -0.15) is 0 Å². The third-order valence-electron chi connectivity index (χ3n) is 2.83. The fourth-order valence-corrected chi connectivity index (χ4v) is 1.73. The Morgan fingerprint density at radius 1 is 1.26 bits per heavy atom. The molecule has 1 aromatic heterocycles. The van der Waals surface area contributed by atoms with Crippen molar-refractivity contribution < 1.29 is 9.47 Å². The first-order valence-corrected chi connectivity index (χ1v) is 6.16. The topological polar surface area (TPSA) is 57.4 Å². The van der Waals surface area contributed by atoms with Crippen molar-refractivity contribution in [2.45, 2.75) is 19.6 Å². The second kappa shape index (κ2) is 6.20. The van der Waals surface area contributed by atoms with Gasteiger partial charge in [0.15, 0.2) is 11.5 Å². The zero-order valence-corrected chi connectivity index (χ0v) is 11.2. The smallest absolute Gasteiger partial charge is 0.161 e. The van der Waals surface area contributed by atoms with Gasteiger partial charge in [-0.15, -0.1) is 0 Å². The second-order valence-electron chi connectivity index (χ2n) is 4.35. The molecule has 0 saturated heterocycles. The van der Waals surface area contributed by atoms with Crippen molar-refractivity contribution in [3.8, 4) is 11.5 Å². The largest absolute Gasteiger partial charge is 0.493 e. The van der Waals surface area contributed by atoms with Crippen molar-refractivity contribution >= 4 is 0 Å². The summed E-state index contributed by atoms with van der Waals surface area (Å²) >= 11 is 0. The molecular weight excluding hydrogens is 240 g/mol. The van der Waals surface area contributed by atoms with Crippen LogP contribution >= 0.6 is 0 Å². The Balaban J connectivity index is 2.12. The van der Waals surface area contributed by atoms with Crippen LogP contribution in [0.25, 0.3) is 0 Å². The summed E-state index contributed by atoms with van der Waals surface area (Å²) in [4.78, 5) is 4.05. The Labute approximate surface area is 113 Å². The number of aromatic nitrogens is 1. The highest BCUT2D eigenvalue weighted by atomic mass is 16.5. The van der Waals surface area contributed by atoms with Crippen LogP contribution in [0.1, 0.15) is 24.1 Å². The minimum absolute atomic E-state index is 0.0266. The highest BCUT2D eigenvalue weighted by molar-refractivity contribution is 5.43. The SMILES string of the molecule is COc1cc([C@H](C)N)ccc1OCc1cccnc1. The number of hydrogen-bond acceptors (Lipinski definition) is 4. The first-order valence-electron chi connectivity index (χ1n) is 6.16. The Bertz CT molecular complexity index is 527. The zero-order chi connectivity index (χ0) is 13.7. The second-order valence-corrected chi connectivity index (χ2v) is 4.35. The number of nitrogens with zero attached hydrogens (tertiary/aromatic N) is 1. The van der Waals surface area contributed by atoms with Crippen molar-refractivity contribution in [1.82, 2.24) is 4.98 Å². The number of rotatable bonds is 5. The Morgan fingerprint density at radius 3 is 2.74 bits per heavy atom. The average Bonchev–Trinajstić information content (AvgIpc) is 2.45. The molecule has 2 N–H and O–H groups in total. The molecule has 0 bridgehead atoms. The monoisotopic (exact) mass is 258 g/mol. The van der Waals surface area contributed by atoms with Crippen LogP contribution < -0.4 is 15.2 Å². The molecule has 0 spiro atoms. The third kappa shape index (κ3) is 3.45. The number of methoxy groups -OCH3 is 1. The van der Waals surface area contributed by atoms with E-state index in [0.29, 0.717) is 18.1 Å². The molecule has 0 amide bonds. The van der Waals surface area contributed by atoms with Crippen LogP contribution in [0.4, 0.5) is 0 Å². The number of ether oxygens (including phenoxy) is 2. The molecule has 0 saturated carbocycles. The van der Waals surface area contributed by atoms with E-state index in [1.165, 1.54) is 0 Å². The van der Waals surface area contributed by atoms with E-state index in [0.717, 1.165) is 11.1 Å². The molecule has 0 unspecified atom stereocenters. The normalized spacial score (nSPS) is 11.9. The number of pyridine rings is 1. The molecule has 0 radical (unpaired) electrons. The van der Waals surface area contributed by atoms with Crippen molar-refractivity contribution in [3.63, 3.8) is 0 Å². The first kappa shape index (κ1) is 13.4. The fourth-order valence-electron chi connectivity index (χ4n) is 1.73. The lowest BCUT2D eigenvalue weighted by Gasteiger charge is -2.13. The molecule has 19 heavy (non-hydrogen) atoms. The van der Waals surface area contributed by atoms with Gasteiger partial charge in [0.05, 0.1) is 7.11 Å². The fraction of sp³-hybridized carbons (Fsp3) is 0.267. The van der Waals surface area contributed by atoms with Crippen molar-refractivity contribution in [3.05, 3.63) is 53.9 Å². The van der Waals surface area contributed by atoms with Crippen LogP contribution in [0.2, 0.25) is 0 Å². The maximum atomic E-state index is 5.85. The van der Waals surface area contributed by atoms with Crippen LogP contribution in [-0.4, -0.2) is 12.1 Å². The van der Waals surface area contributed by atoms with E-state index >= 15 is 0 Å². The van der Waals surface area contributed by atoms with E-state index in [1.807, 2.05) is 37.3 Å². The van der Waals surface area contributed by atoms with Crippen molar-refractivity contribution in [2.24, 2.45) is 5.73 Å². The predicted octanol–water partition coefficient (Wildman–Crippen LogP) is 2.69. The summed E-state index contributed by atoms with van der Waals surface area (Å²) in [6.45, 7) is 2.40. The first-order chi connectivity index (χ1) is 9.20. The van der Waals surface area contributed by atoms with E-state index < -0.39 is 0 Å². The van der Waals surface area contributed by atoms with E-state index in [1.54, 1.807) is 19.5 Å². The van der Waals surface area contributed by atoms with Gasteiger partial charge in [0.2, 0.25) is 0 Å². The third-order valence-corrected chi connectivity index (χ3v) is 2.83. The molecule has 1 atom stereocenters. The minimum atomic E-state index is -0.0266. The van der Waals surface area contributed by atoms with E-state index in [2.05, 4.69) is 4.98 Å². The summed E-state index contributed by atoms with van der Waals surface area (Å²) < 4.78 is 11.1. The molecule has 0 aliphatic heterocycles. The van der Waals surface area contributed by atoms with Gasteiger partial charge in [-0.25, -0.2) is 0 Å². The number of nitrogens with two attached hydrogens (primary N) is 1. The predicted molar refractivity (Wildman–Crippen MR) is 74.2 cm³/mol. The highest BCUT2D eigenvalue weighted by Gasteiger charge is 2.08. The maximum Gasteiger partial charge on any atom is 0.161 e. The molecule has 0 aliphatic rings. The van der Waals surface area contributed by atoms with Gasteiger partial charge in [-0.05, 0) is 30.7 Å². The van der Waals surface area contributed by atoms with Crippen molar-refractivity contribution in [1.29, 1.82) is 0 Å². The van der Waals surface area contributed by atoms with Gasteiger partial charge in [0.1, 0.15) is 6.61 Å². The molecule has 100 valence electrons. The molecule has 1 aromatic carbocycles. The summed E-state index contributed by atoms with van der Waals surface area (Å²) in [5.41, 5.74) is 7.88. The van der Waals surface area contributed by atoms with Crippen LogP contribution in [0.15, 0.2) is 42.7 Å². The summed E-state index contributed by atoms with van der Waals surface area (Å²) in [6, 6.07) is 9.56. The molecule has 0 aliphatic carbocycles. The van der Waals surface area contributed by atoms with Crippen LogP contribution in [-0.2, 0) is 6.61 Å². The van der Waals surface area contributed by atoms with Gasteiger partial charge < -0.3 is 15.2 Å². The summed E-state index contributed by atoms with van der Waals surface area (Å²) in [7, 11) is 1.62. The summed E-state index contributed by atoms with van der Waals surface area (Å²) in [5.74, 6) is 1.40. The van der Waals surface area contributed by atoms with Crippen LogP contribution in [0, 0.1) is 0 Å². The van der Waals surface area contributed by atoms with Crippen LogP contribution in [0.3, 0.4) is 0 Å². The Hall–Kier alpha value is -2.07. The van der Waals surface area contributed by atoms with Gasteiger partial charge in [-0.3, -0.25) is 4.98 Å². The number of benzene rings is 1. The maximum absolute atomic E-state index is 5.85. The van der Waals surface area contributed by atoms with Gasteiger partial charge in [-0.1, -0.05) is 12.1 Å². The molecule has 4 nitrogen and oxygen atoms in total. The van der Waals surface area contributed by atoms with Gasteiger partial charge in [0, 0.05) is 24.0 Å². The molecule has 4 heteroatoms. The van der Waals surface area contributed by atoms with Crippen molar-refractivity contribution in [2.75, 3.05) is 7.11 Å². The molecule has 2 rings (SSSR count). The van der Waals surface area contributed by atoms with E-state index in [4.69, 9.17) is 15.2 Å². The molecule has 2 aromatic rings. The zero-order valence-electron chi connectivity index (χ0n) is 11.2. The summed E-state index contributed by atoms with van der Waals surface area (Å²) in [6.07, 6.45) is 3.52. The summed E-state index contributed by atoms with van der Waals surface area (Å²) in [5, 5.41) is 0. The Morgan fingerprint density at radius 2 is 2.11 bits per heavy atom. The minimum Gasteiger partial charge on any atom is -0.493 e. The highest BCUT2D eigenvalue weighted by Crippen LogP contribution is 2.30. The quantitative estimate of drug-likeness (QED) is 0.895. The van der Waals surface area contributed by atoms with Crippen LogP contribution in [0.5, 0.6) is 11.5 Å². The Kier molecular flexibility index (Phi) is 4.36. The lowest BCUT2D eigenvalue weighted by Crippen LogP contribution is -2.05. The van der Waals surface area contributed by atoms with Gasteiger partial charge in [0.25, 0.3) is 0 Å². The molecular formula is C15H18N2O2. The van der Waals surface area contributed by atoms with Gasteiger partial charge >= 0.3 is 0 Å².